The van der Waals surface area contributed by atoms with Crippen LogP contribution >= 0.6 is 0 Å². The first-order chi connectivity index (χ1) is 18.0. The number of esters is 1. The molecular formula is C30H44O8. The third kappa shape index (κ3) is 3.81. The van der Waals surface area contributed by atoms with Crippen molar-refractivity contribution in [1.29, 1.82) is 0 Å². The highest BCUT2D eigenvalue weighted by Crippen LogP contribution is 2.69. The molecule has 4 aliphatic carbocycles. The van der Waals surface area contributed by atoms with Crippen molar-refractivity contribution in [1.82, 2.24) is 0 Å². The van der Waals surface area contributed by atoms with Crippen molar-refractivity contribution in [3.63, 3.8) is 0 Å². The van der Waals surface area contributed by atoms with Gasteiger partial charge in [-0.05, 0) is 87.0 Å². The van der Waals surface area contributed by atoms with E-state index in [1.165, 1.54) is 12.7 Å². The van der Waals surface area contributed by atoms with Crippen LogP contribution in [0.1, 0.15) is 72.1 Å². The van der Waals surface area contributed by atoms with E-state index in [1.54, 1.807) is 13.0 Å². The minimum atomic E-state index is -1.06. The van der Waals surface area contributed by atoms with Gasteiger partial charge in [0.1, 0.15) is 24.9 Å². The number of carbonyl (C=O) groups is 1. The molecule has 0 radical (unpaired) electrons. The molecule has 0 unspecified atom stereocenters. The van der Waals surface area contributed by atoms with E-state index in [0.29, 0.717) is 12.5 Å². The largest absolute Gasteiger partial charge is 0.458 e. The van der Waals surface area contributed by atoms with E-state index in [1.807, 2.05) is 0 Å². The van der Waals surface area contributed by atoms with E-state index in [9.17, 15) is 20.1 Å². The van der Waals surface area contributed by atoms with Crippen molar-refractivity contribution < 1.29 is 39.1 Å². The van der Waals surface area contributed by atoms with Gasteiger partial charge < -0.3 is 34.3 Å². The summed E-state index contributed by atoms with van der Waals surface area (Å²) in [6.07, 6.45) is 7.02. The molecule has 212 valence electrons. The molecule has 2 aliphatic heterocycles. The first kappa shape index (κ1) is 26.9. The van der Waals surface area contributed by atoms with Gasteiger partial charge >= 0.3 is 5.97 Å². The lowest BCUT2D eigenvalue weighted by atomic mass is 9.45. The third-order valence-corrected chi connectivity index (χ3v) is 11.8. The zero-order chi connectivity index (χ0) is 27.0. The van der Waals surface area contributed by atoms with Gasteiger partial charge in [-0.25, -0.2) is 4.79 Å². The number of hydrogen-bond donors (Lipinski definition) is 3. The highest BCUT2D eigenvalue weighted by atomic mass is 16.7. The van der Waals surface area contributed by atoms with E-state index in [2.05, 4.69) is 19.9 Å². The highest BCUT2D eigenvalue weighted by Gasteiger charge is 2.67. The van der Waals surface area contributed by atoms with Gasteiger partial charge in [0.05, 0.1) is 17.8 Å². The van der Waals surface area contributed by atoms with Gasteiger partial charge in [-0.1, -0.05) is 25.5 Å². The van der Waals surface area contributed by atoms with E-state index >= 15 is 0 Å². The maximum atomic E-state index is 12.4. The first-order valence-electron chi connectivity index (χ1n) is 14.5. The fourth-order valence-electron chi connectivity index (χ4n) is 9.52. The molecule has 4 fully saturated rings. The Kier molecular flexibility index (Phi) is 6.64. The summed E-state index contributed by atoms with van der Waals surface area (Å²) < 4.78 is 22.7. The predicted octanol–water partition coefficient (Wildman–Crippen LogP) is 3.03. The van der Waals surface area contributed by atoms with Gasteiger partial charge in [-0.3, -0.25) is 0 Å². The lowest BCUT2D eigenvalue weighted by molar-refractivity contribution is -0.304. The monoisotopic (exact) mass is 532 g/mol. The van der Waals surface area contributed by atoms with Crippen molar-refractivity contribution in [2.24, 2.45) is 28.6 Å². The molecule has 8 heteroatoms. The zero-order valence-corrected chi connectivity index (χ0v) is 23.1. The number of allylic oxidation sites excluding steroid dienone is 1. The number of hydrogen-bond acceptors (Lipinski definition) is 8. The summed E-state index contributed by atoms with van der Waals surface area (Å²) in [5.41, 5.74) is 1.50. The number of carbonyl (C=O) groups excluding carboxylic acids is 1. The summed E-state index contributed by atoms with van der Waals surface area (Å²) >= 11 is 0. The number of fused-ring (bicyclic) bond motifs is 5. The van der Waals surface area contributed by atoms with Crippen LogP contribution in [-0.2, 0) is 23.7 Å². The molecule has 38 heavy (non-hydrogen) atoms. The summed E-state index contributed by atoms with van der Waals surface area (Å²) in [5.74, 6) is 0.590. The normalized spacial score (nSPS) is 52.4. The van der Waals surface area contributed by atoms with Crippen molar-refractivity contribution in [2.75, 3.05) is 13.7 Å². The summed E-state index contributed by atoms with van der Waals surface area (Å²) in [6, 6.07) is 0. The molecule has 6 aliphatic rings. The van der Waals surface area contributed by atoms with Crippen LogP contribution in [0.15, 0.2) is 23.3 Å². The van der Waals surface area contributed by atoms with E-state index in [-0.39, 0.29) is 34.7 Å². The molecule has 8 nitrogen and oxygen atoms in total. The maximum Gasteiger partial charge on any atom is 0.331 e. The smallest absolute Gasteiger partial charge is 0.331 e. The van der Waals surface area contributed by atoms with Crippen LogP contribution in [0.25, 0.3) is 0 Å². The second kappa shape index (κ2) is 9.38. The number of rotatable bonds is 4. The van der Waals surface area contributed by atoms with Crippen LogP contribution in [0.3, 0.4) is 0 Å². The molecule has 0 amide bonds. The van der Waals surface area contributed by atoms with Crippen LogP contribution in [0.5, 0.6) is 0 Å². The van der Waals surface area contributed by atoms with Gasteiger partial charge in [0.25, 0.3) is 0 Å². The minimum Gasteiger partial charge on any atom is -0.458 e. The van der Waals surface area contributed by atoms with E-state index in [0.717, 1.165) is 56.9 Å². The maximum absolute atomic E-state index is 12.4. The Morgan fingerprint density at radius 2 is 1.82 bits per heavy atom. The Balaban J connectivity index is 1.20. The second-order valence-corrected chi connectivity index (χ2v) is 13.3. The van der Waals surface area contributed by atoms with Crippen molar-refractivity contribution in [3.05, 3.63) is 23.3 Å². The van der Waals surface area contributed by atoms with Crippen LogP contribution in [0.2, 0.25) is 0 Å². The number of aliphatic hydroxyl groups is 3. The second-order valence-electron chi connectivity index (χ2n) is 13.3. The van der Waals surface area contributed by atoms with Gasteiger partial charge in [0.2, 0.25) is 0 Å². The predicted molar refractivity (Wildman–Crippen MR) is 138 cm³/mol. The Morgan fingerprint density at radius 1 is 1.03 bits per heavy atom. The lowest BCUT2D eigenvalue weighted by Gasteiger charge is -2.62. The van der Waals surface area contributed by atoms with Crippen LogP contribution in [-0.4, -0.2) is 77.4 Å². The van der Waals surface area contributed by atoms with Gasteiger partial charge in [-0.2, -0.15) is 0 Å². The van der Waals surface area contributed by atoms with Gasteiger partial charge in [0.15, 0.2) is 6.29 Å². The number of cyclic esters (lactones) is 1. The Hall–Kier alpha value is -1.29. The number of ether oxygens (including phenoxy) is 4. The molecule has 1 saturated heterocycles. The molecule has 12 atom stereocenters. The SMILES string of the molecule is CO[C@@H]1[C@@H](O)[C@H](C)O[C@@H](O[C@@H]2C=C3CC[C@@H]4[C@H](CC[C@]5(C)[C@@H](C6=CC(=O)OC6)CC[C@]45O)[C@@]3(C)CC2)[C@@H]1O. The van der Waals surface area contributed by atoms with Gasteiger partial charge in [0, 0.05) is 18.6 Å². The fourth-order valence-corrected chi connectivity index (χ4v) is 9.52. The lowest BCUT2D eigenvalue weighted by Crippen LogP contribution is -2.61. The van der Waals surface area contributed by atoms with E-state index < -0.39 is 36.3 Å². The summed E-state index contributed by atoms with van der Waals surface area (Å²) in [7, 11) is 1.48. The Morgan fingerprint density at radius 3 is 2.53 bits per heavy atom. The minimum absolute atomic E-state index is 0.00815. The molecule has 0 aromatic heterocycles. The van der Waals surface area contributed by atoms with Gasteiger partial charge in [-0.15, -0.1) is 0 Å². The topological polar surface area (TPSA) is 115 Å². The number of aliphatic hydroxyl groups excluding tert-OH is 2. The molecule has 2 heterocycles. The number of methoxy groups -OCH3 is 1. The Bertz CT molecular complexity index is 1020. The zero-order valence-electron chi connectivity index (χ0n) is 23.1. The third-order valence-electron chi connectivity index (χ3n) is 11.8. The fraction of sp³-hybridized carbons (Fsp3) is 0.833. The highest BCUT2D eigenvalue weighted by molar-refractivity contribution is 5.85. The molecular weight excluding hydrogens is 488 g/mol. The van der Waals surface area contributed by atoms with Crippen LogP contribution < -0.4 is 0 Å². The van der Waals surface area contributed by atoms with Crippen molar-refractivity contribution in [2.45, 2.75) is 115 Å². The molecule has 0 aromatic carbocycles. The van der Waals surface area contributed by atoms with Crippen molar-refractivity contribution in [3.8, 4) is 0 Å². The van der Waals surface area contributed by atoms with Crippen LogP contribution in [0, 0.1) is 28.6 Å². The average molecular weight is 533 g/mol. The summed E-state index contributed by atoms with van der Waals surface area (Å²) in [6.45, 7) is 6.77. The first-order valence-corrected chi connectivity index (χ1v) is 14.5. The summed E-state index contributed by atoms with van der Waals surface area (Å²) in [5, 5.41) is 33.4. The molecule has 0 aromatic rings. The molecule has 0 spiro atoms. The Labute approximate surface area is 225 Å². The standard InChI is InChI=1S/C30H44O8/c1-16-24(32)26(35-4)25(33)27(37-16)38-19-7-10-28(2)18(14-19)5-6-22-21(28)8-11-29(3)20(9-12-30(22,29)34)17-13-23(31)36-15-17/h13-14,16,19-22,24-27,32-34H,5-12,15H2,1-4H3/t16-,19-,20+,21-,22+,24-,25+,26+,27-,28-,29+,30-/m0/s1. The quantitative estimate of drug-likeness (QED) is 0.374. The van der Waals surface area contributed by atoms with Crippen LogP contribution in [0.4, 0.5) is 0 Å². The summed E-state index contributed by atoms with van der Waals surface area (Å²) in [4.78, 5) is 11.8. The molecule has 6 rings (SSSR count). The molecule has 0 bridgehead atoms. The van der Waals surface area contributed by atoms with E-state index in [4.69, 9.17) is 18.9 Å². The molecule has 3 N–H and O–H groups in total. The van der Waals surface area contributed by atoms with Crippen molar-refractivity contribution >= 4 is 5.97 Å². The average Bonchev–Trinajstić information content (AvgIpc) is 3.43. The molecule has 3 saturated carbocycles.